The zero-order chi connectivity index (χ0) is 11.4. The quantitative estimate of drug-likeness (QED) is 0.705. The number of fused-ring (bicyclic) bond motifs is 1. The van der Waals surface area contributed by atoms with Crippen LogP contribution in [0.25, 0.3) is 10.9 Å². The maximum absolute atomic E-state index is 3.34. The first kappa shape index (κ1) is 11.3. The van der Waals surface area contributed by atoms with E-state index in [1.165, 1.54) is 42.1 Å². The number of hydrogen-bond donors (Lipinski definition) is 1. The Bertz CT molecular complexity index is 439. The first-order valence-corrected chi connectivity index (χ1v) is 6.32. The van der Waals surface area contributed by atoms with Crippen LogP contribution in [0.4, 0.5) is 0 Å². The molecule has 86 valence electrons. The smallest absolute Gasteiger partial charge is 0.0456 e. The summed E-state index contributed by atoms with van der Waals surface area (Å²) in [6, 6.07) is 8.56. The van der Waals surface area contributed by atoms with Gasteiger partial charge < -0.3 is 4.98 Å². The summed E-state index contributed by atoms with van der Waals surface area (Å²) in [4.78, 5) is 3.34. The summed E-state index contributed by atoms with van der Waals surface area (Å²) in [6.07, 6.45) is 7.37. The molecule has 16 heavy (non-hydrogen) atoms. The van der Waals surface area contributed by atoms with Crippen molar-refractivity contribution in [1.82, 2.24) is 4.98 Å². The Hall–Kier alpha value is -1.24. The van der Waals surface area contributed by atoms with Crippen LogP contribution >= 0.6 is 0 Å². The fourth-order valence-electron chi connectivity index (χ4n) is 2.21. The zero-order valence-electron chi connectivity index (χ0n) is 10.3. The van der Waals surface area contributed by atoms with Crippen LogP contribution in [0.15, 0.2) is 30.5 Å². The van der Waals surface area contributed by atoms with E-state index < -0.39 is 0 Å². The van der Waals surface area contributed by atoms with Crippen molar-refractivity contribution in [2.45, 2.75) is 39.5 Å². The molecule has 0 aliphatic heterocycles. The lowest BCUT2D eigenvalue weighted by molar-refractivity contribution is 0.538. The van der Waals surface area contributed by atoms with E-state index in [9.17, 15) is 0 Å². The number of H-pyrrole nitrogens is 1. The maximum Gasteiger partial charge on any atom is 0.0456 e. The molecule has 0 amide bonds. The van der Waals surface area contributed by atoms with Crippen molar-refractivity contribution in [3.8, 4) is 0 Å². The molecule has 1 aromatic heterocycles. The highest BCUT2D eigenvalue weighted by Crippen LogP contribution is 2.20. The van der Waals surface area contributed by atoms with Crippen molar-refractivity contribution in [1.29, 1.82) is 0 Å². The van der Waals surface area contributed by atoms with Crippen LogP contribution in [-0.2, 0) is 6.42 Å². The highest BCUT2D eigenvalue weighted by Gasteiger charge is 2.02. The minimum atomic E-state index is 0.836. The Morgan fingerprint density at radius 2 is 1.94 bits per heavy atom. The third-order valence-electron chi connectivity index (χ3n) is 3.15. The number of hydrogen-bond acceptors (Lipinski definition) is 0. The predicted molar refractivity (Wildman–Crippen MR) is 70.7 cm³/mol. The van der Waals surface area contributed by atoms with Gasteiger partial charge in [-0.2, -0.15) is 0 Å². The van der Waals surface area contributed by atoms with Gasteiger partial charge in [-0.05, 0) is 30.4 Å². The largest absolute Gasteiger partial charge is 0.361 e. The van der Waals surface area contributed by atoms with Gasteiger partial charge in [-0.25, -0.2) is 0 Å². The molecular weight excluding hydrogens is 194 g/mol. The Morgan fingerprint density at radius 1 is 1.12 bits per heavy atom. The van der Waals surface area contributed by atoms with Gasteiger partial charge in [0, 0.05) is 17.1 Å². The molecule has 2 aromatic rings. The average molecular weight is 215 g/mol. The van der Waals surface area contributed by atoms with E-state index in [4.69, 9.17) is 0 Å². The predicted octanol–water partition coefficient (Wildman–Crippen LogP) is 4.54. The summed E-state index contributed by atoms with van der Waals surface area (Å²) >= 11 is 0. The number of benzene rings is 1. The lowest BCUT2D eigenvalue weighted by atomic mass is 10.0. The van der Waals surface area contributed by atoms with Crippen LogP contribution in [0.2, 0.25) is 0 Å². The van der Waals surface area contributed by atoms with Gasteiger partial charge in [0.1, 0.15) is 0 Å². The van der Waals surface area contributed by atoms with Crippen LogP contribution in [0.1, 0.15) is 38.7 Å². The SMILES string of the molecule is CC(C)CCCCc1c[nH]c2ccccc12. The van der Waals surface area contributed by atoms with Crippen LogP contribution in [0, 0.1) is 5.92 Å². The topological polar surface area (TPSA) is 15.8 Å². The van der Waals surface area contributed by atoms with Crippen molar-refractivity contribution in [3.63, 3.8) is 0 Å². The normalized spacial score (nSPS) is 11.4. The summed E-state index contributed by atoms with van der Waals surface area (Å²) in [5.74, 6) is 0.836. The van der Waals surface area contributed by atoms with Crippen molar-refractivity contribution >= 4 is 10.9 Å². The molecule has 2 rings (SSSR count). The van der Waals surface area contributed by atoms with E-state index in [1.807, 2.05) is 0 Å². The Balaban J connectivity index is 1.94. The molecular formula is C15H21N. The fourth-order valence-corrected chi connectivity index (χ4v) is 2.21. The van der Waals surface area contributed by atoms with Crippen LogP contribution in [-0.4, -0.2) is 4.98 Å². The minimum Gasteiger partial charge on any atom is -0.361 e. The lowest BCUT2D eigenvalue weighted by Crippen LogP contribution is -1.89. The third kappa shape index (κ3) is 2.66. The van der Waals surface area contributed by atoms with Gasteiger partial charge in [0.2, 0.25) is 0 Å². The number of para-hydroxylation sites is 1. The summed E-state index contributed by atoms with van der Waals surface area (Å²) in [6.45, 7) is 4.59. The molecule has 0 saturated heterocycles. The number of aromatic nitrogens is 1. The monoisotopic (exact) mass is 215 g/mol. The number of nitrogens with one attached hydrogen (secondary N) is 1. The highest BCUT2D eigenvalue weighted by molar-refractivity contribution is 5.82. The summed E-state index contributed by atoms with van der Waals surface area (Å²) in [5.41, 5.74) is 2.74. The number of rotatable bonds is 5. The van der Waals surface area contributed by atoms with Crippen LogP contribution in [0.5, 0.6) is 0 Å². The Morgan fingerprint density at radius 3 is 2.75 bits per heavy atom. The molecule has 0 aliphatic rings. The molecule has 0 atom stereocenters. The van der Waals surface area contributed by atoms with E-state index in [0.29, 0.717) is 0 Å². The van der Waals surface area contributed by atoms with E-state index in [-0.39, 0.29) is 0 Å². The molecule has 1 aromatic carbocycles. The van der Waals surface area contributed by atoms with E-state index >= 15 is 0 Å². The zero-order valence-corrected chi connectivity index (χ0v) is 10.3. The van der Waals surface area contributed by atoms with E-state index in [0.717, 1.165) is 5.92 Å². The van der Waals surface area contributed by atoms with Gasteiger partial charge in [0.05, 0.1) is 0 Å². The van der Waals surface area contributed by atoms with Gasteiger partial charge in [0.15, 0.2) is 0 Å². The molecule has 0 radical (unpaired) electrons. The highest BCUT2D eigenvalue weighted by atomic mass is 14.7. The molecule has 1 nitrogen and oxygen atoms in total. The maximum atomic E-state index is 3.34. The first-order valence-electron chi connectivity index (χ1n) is 6.32. The molecule has 0 aliphatic carbocycles. The minimum absolute atomic E-state index is 0.836. The van der Waals surface area contributed by atoms with Crippen molar-refractivity contribution in [3.05, 3.63) is 36.0 Å². The number of aromatic amines is 1. The molecule has 1 heteroatoms. The second-order valence-electron chi connectivity index (χ2n) is 5.00. The van der Waals surface area contributed by atoms with Gasteiger partial charge in [0.25, 0.3) is 0 Å². The molecule has 0 bridgehead atoms. The molecule has 1 heterocycles. The van der Waals surface area contributed by atoms with Crippen LogP contribution < -0.4 is 0 Å². The fraction of sp³-hybridized carbons (Fsp3) is 0.467. The molecule has 0 spiro atoms. The third-order valence-corrected chi connectivity index (χ3v) is 3.15. The first-order chi connectivity index (χ1) is 7.77. The number of unbranched alkanes of at least 4 members (excludes halogenated alkanes) is 1. The average Bonchev–Trinajstić information content (AvgIpc) is 2.68. The Labute approximate surface area is 97.9 Å². The van der Waals surface area contributed by atoms with Crippen molar-refractivity contribution in [2.24, 2.45) is 5.92 Å². The summed E-state index contributed by atoms with van der Waals surface area (Å²) < 4.78 is 0. The molecule has 0 fully saturated rings. The van der Waals surface area contributed by atoms with E-state index in [2.05, 4.69) is 49.3 Å². The van der Waals surface area contributed by atoms with E-state index in [1.54, 1.807) is 0 Å². The van der Waals surface area contributed by atoms with Crippen molar-refractivity contribution in [2.75, 3.05) is 0 Å². The molecule has 1 N–H and O–H groups in total. The van der Waals surface area contributed by atoms with Gasteiger partial charge in [-0.15, -0.1) is 0 Å². The van der Waals surface area contributed by atoms with Crippen LogP contribution in [0.3, 0.4) is 0 Å². The molecule has 0 saturated carbocycles. The second kappa shape index (κ2) is 5.20. The van der Waals surface area contributed by atoms with Crippen molar-refractivity contribution < 1.29 is 0 Å². The number of aryl methyl sites for hydroxylation is 1. The second-order valence-corrected chi connectivity index (χ2v) is 5.00. The van der Waals surface area contributed by atoms with Gasteiger partial charge in [-0.3, -0.25) is 0 Å². The van der Waals surface area contributed by atoms with Gasteiger partial charge in [-0.1, -0.05) is 44.9 Å². The molecule has 0 unspecified atom stereocenters. The summed E-state index contributed by atoms with van der Waals surface area (Å²) in [5, 5.41) is 1.40. The summed E-state index contributed by atoms with van der Waals surface area (Å²) in [7, 11) is 0. The standard InChI is InChI=1S/C15H21N/c1-12(2)7-3-4-8-13-11-16-15-10-6-5-9-14(13)15/h5-6,9-12,16H,3-4,7-8H2,1-2H3. The van der Waals surface area contributed by atoms with Gasteiger partial charge >= 0.3 is 0 Å². The lowest BCUT2D eigenvalue weighted by Gasteiger charge is -2.03. The Kier molecular flexibility index (Phi) is 3.66.